The van der Waals surface area contributed by atoms with E-state index in [1.807, 2.05) is 41.9 Å². The van der Waals surface area contributed by atoms with Crippen LogP contribution in [-0.2, 0) is 20.0 Å². The van der Waals surface area contributed by atoms with E-state index in [1.165, 1.54) is 4.68 Å². The van der Waals surface area contributed by atoms with E-state index in [0.29, 0.717) is 24.0 Å². The molecule has 6 aromatic rings. The Kier molecular flexibility index (Phi) is 4.56. The van der Waals surface area contributed by atoms with E-state index in [4.69, 9.17) is 10.7 Å². The van der Waals surface area contributed by atoms with E-state index in [2.05, 4.69) is 15.3 Å². The molecular weight excluding hydrogens is 450 g/mol. The number of aromatic nitrogens is 6. The zero-order valence-electron chi connectivity index (χ0n) is 18.1. The standard InChI is InChI=1S/C24H19N7O2S/c1-30-20-17(11-27-31(24(20)33)12-15-3-2-4-18-16(15)10-26-29-18)21-23(30)28-19(34-21)9-13-5-7-14(8-6-13)22(25)32/h2-8,10-11H,9,12H2,1H3,(H2,25,32)(H,26,29). The number of fused-ring (bicyclic) bond motifs is 4. The number of rotatable bonds is 5. The predicted octanol–water partition coefficient (Wildman–Crippen LogP) is 2.96. The van der Waals surface area contributed by atoms with Crippen molar-refractivity contribution in [3.63, 3.8) is 0 Å². The highest BCUT2D eigenvalue weighted by atomic mass is 32.1. The summed E-state index contributed by atoms with van der Waals surface area (Å²) in [6.07, 6.45) is 4.14. The molecule has 34 heavy (non-hydrogen) atoms. The van der Waals surface area contributed by atoms with E-state index in [9.17, 15) is 9.59 Å². The molecule has 0 fully saturated rings. The molecule has 10 heteroatoms. The van der Waals surface area contributed by atoms with Crippen molar-refractivity contribution in [1.29, 1.82) is 0 Å². The Morgan fingerprint density at radius 2 is 1.94 bits per heavy atom. The van der Waals surface area contributed by atoms with E-state index in [1.54, 1.807) is 35.9 Å². The molecule has 4 heterocycles. The smallest absolute Gasteiger partial charge is 0.291 e. The van der Waals surface area contributed by atoms with Crippen molar-refractivity contribution in [3.05, 3.63) is 86.9 Å². The van der Waals surface area contributed by atoms with Gasteiger partial charge < -0.3 is 10.3 Å². The summed E-state index contributed by atoms with van der Waals surface area (Å²) in [5.74, 6) is -0.447. The van der Waals surface area contributed by atoms with E-state index >= 15 is 0 Å². The van der Waals surface area contributed by atoms with Gasteiger partial charge >= 0.3 is 0 Å². The van der Waals surface area contributed by atoms with Gasteiger partial charge in [-0.1, -0.05) is 24.3 Å². The van der Waals surface area contributed by atoms with Crippen LogP contribution in [0.25, 0.3) is 32.2 Å². The second-order valence-corrected chi connectivity index (χ2v) is 9.26. The highest BCUT2D eigenvalue weighted by Gasteiger charge is 2.19. The van der Waals surface area contributed by atoms with Crippen molar-refractivity contribution in [1.82, 2.24) is 29.5 Å². The summed E-state index contributed by atoms with van der Waals surface area (Å²) in [5.41, 5.74) is 9.91. The summed E-state index contributed by atoms with van der Waals surface area (Å²) in [6, 6.07) is 13.1. The first kappa shape index (κ1) is 20.3. The fourth-order valence-corrected chi connectivity index (χ4v) is 5.45. The van der Waals surface area contributed by atoms with Crippen LogP contribution in [0.1, 0.15) is 26.5 Å². The minimum Gasteiger partial charge on any atom is -0.366 e. The average Bonchev–Trinajstić information content (AvgIpc) is 3.53. The Bertz CT molecular complexity index is 1770. The third kappa shape index (κ3) is 3.19. The second-order valence-electron chi connectivity index (χ2n) is 8.18. The Hall–Kier alpha value is -4.31. The number of primary amides is 1. The number of nitrogens with two attached hydrogens (primary N) is 1. The lowest BCUT2D eigenvalue weighted by molar-refractivity contribution is 0.100. The topological polar surface area (TPSA) is 124 Å². The van der Waals surface area contributed by atoms with Gasteiger partial charge in [-0.25, -0.2) is 9.67 Å². The summed E-state index contributed by atoms with van der Waals surface area (Å²) >= 11 is 1.55. The van der Waals surface area contributed by atoms with Gasteiger partial charge in [0.1, 0.15) is 10.5 Å². The van der Waals surface area contributed by atoms with E-state index in [-0.39, 0.29) is 5.56 Å². The Labute approximate surface area is 196 Å². The third-order valence-corrected chi connectivity index (χ3v) is 7.14. The molecule has 0 aliphatic carbocycles. The van der Waals surface area contributed by atoms with Crippen LogP contribution in [0.5, 0.6) is 0 Å². The SMILES string of the molecule is Cn1c2nc(Cc3ccc(C(N)=O)cc3)sc2c2cnn(Cc3cccc4[nH]ncc34)c(=O)c21. The molecule has 9 nitrogen and oxygen atoms in total. The molecule has 0 bridgehead atoms. The first-order valence-corrected chi connectivity index (χ1v) is 11.4. The third-order valence-electron chi connectivity index (χ3n) is 6.06. The number of thiazole rings is 1. The Balaban J connectivity index is 1.37. The maximum Gasteiger partial charge on any atom is 0.291 e. The fraction of sp³-hybridized carbons (Fsp3) is 0.125. The molecule has 0 spiro atoms. The van der Waals surface area contributed by atoms with Gasteiger partial charge in [-0.15, -0.1) is 11.3 Å². The molecule has 1 amide bonds. The summed E-state index contributed by atoms with van der Waals surface area (Å²) in [6.45, 7) is 0.352. The van der Waals surface area contributed by atoms with Crippen molar-refractivity contribution < 1.29 is 4.79 Å². The molecule has 0 unspecified atom stereocenters. The van der Waals surface area contributed by atoms with Crippen molar-refractivity contribution in [2.45, 2.75) is 13.0 Å². The molecule has 0 radical (unpaired) electrons. The van der Waals surface area contributed by atoms with Crippen LogP contribution in [-0.4, -0.2) is 35.4 Å². The number of carbonyl (C=O) groups excluding carboxylic acids is 1. The number of aryl methyl sites for hydroxylation is 1. The quantitative estimate of drug-likeness (QED) is 0.402. The molecule has 0 saturated carbocycles. The maximum atomic E-state index is 13.4. The van der Waals surface area contributed by atoms with Crippen molar-refractivity contribution in [2.75, 3.05) is 0 Å². The first-order valence-electron chi connectivity index (χ1n) is 10.6. The van der Waals surface area contributed by atoms with E-state index in [0.717, 1.165) is 42.8 Å². The number of nitrogens with one attached hydrogen (secondary N) is 1. The molecule has 0 aliphatic rings. The summed E-state index contributed by atoms with van der Waals surface area (Å²) in [5, 5.41) is 14.2. The predicted molar refractivity (Wildman–Crippen MR) is 131 cm³/mol. The monoisotopic (exact) mass is 469 g/mol. The van der Waals surface area contributed by atoms with Crippen LogP contribution in [0, 0.1) is 0 Å². The van der Waals surface area contributed by atoms with Crippen molar-refractivity contribution in [3.8, 4) is 0 Å². The molecule has 168 valence electrons. The van der Waals surface area contributed by atoms with Crippen molar-refractivity contribution >= 4 is 49.4 Å². The lowest BCUT2D eigenvalue weighted by Crippen LogP contribution is -2.24. The summed E-state index contributed by atoms with van der Waals surface area (Å²) in [7, 11) is 1.86. The lowest BCUT2D eigenvalue weighted by Gasteiger charge is -2.07. The highest BCUT2D eigenvalue weighted by Crippen LogP contribution is 2.31. The van der Waals surface area contributed by atoms with Crippen LogP contribution < -0.4 is 11.3 Å². The van der Waals surface area contributed by atoms with Gasteiger partial charge in [0.25, 0.3) is 5.56 Å². The fourth-order valence-electron chi connectivity index (χ4n) is 4.31. The van der Waals surface area contributed by atoms with Crippen LogP contribution in [0.4, 0.5) is 0 Å². The molecule has 0 atom stereocenters. The Morgan fingerprint density at radius 3 is 2.74 bits per heavy atom. The number of hydrogen-bond donors (Lipinski definition) is 2. The number of H-pyrrole nitrogens is 1. The number of hydrogen-bond acceptors (Lipinski definition) is 6. The van der Waals surface area contributed by atoms with Crippen LogP contribution in [0.15, 0.2) is 59.7 Å². The molecule has 4 aromatic heterocycles. The zero-order valence-corrected chi connectivity index (χ0v) is 19.0. The lowest BCUT2D eigenvalue weighted by atomic mass is 10.1. The number of benzene rings is 2. The summed E-state index contributed by atoms with van der Waals surface area (Å²) in [4.78, 5) is 29.4. The van der Waals surface area contributed by atoms with Crippen molar-refractivity contribution in [2.24, 2.45) is 12.8 Å². The highest BCUT2D eigenvalue weighted by molar-refractivity contribution is 7.19. The molecule has 2 aromatic carbocycles. The first-order chi connectivity index (χ1) is 16.5. The van der Waals surface area contributed by atoms with Crippen LogP contribution in [0.2, 0.25) is 0 Å². The molecule has 3 N–H and O–H groups in total. The Morgan fingerprint density at radius 1 is 1.12 bits per heavy atom. The largest absolute Gasteiger partial charge is 0.366 e. The number of amides is 1. The van der Waals surface area contributed by atoms with Gasteiger partial charge in [-0.3, -0.25) is 14.7 Å². The van der Waals surface area contributed by atoms with Gasteiger partial charge in [-0.2, -0.15) is 10.2 Å². The molecule has 0 saturated heterocycles. The van der Waals surface area contributed by atoms with Gasteiger partial charge in [0, 0.05) is 29.8 Å². The second kappa shape index (κ2) is 7.63. The van der Waals surface area contributed by atoms with Gasteiger partial charge in [0.05, 0.1) is 29.2 Å². The number of aromatic amines is 1. The van der Waals surface area contributed by atoms with Gasteiger partial charge in [0.2, 0.25) is 5.91 Å². The average molecular weight is 470 g/mol. The molecule has 0 aliphatic heterocycles. The minimum atomic E-state index is -0.447. The molecular formula is C24H19N7O2S. The number of carbonyl (C=O) groups is 1. The van der Waals surface area contributed by atoms with Crippen LogP contribution in [0.3, 0.4) is 0 Å². The summed E-state index contributed by atoms with van der Waals surface area (Å²) < 4.78 is 4.27. The zero-order chi connectivity index (χ0) is 23.4. The van der Waals surface area contributed by atoms with E-state index < -0.39 is 5.91 Å². The normalized spacial score (nSPS) is 11.7. The van der Waals surface area contributed by atoms with Gasteiger partial charge in [0.15, 0.2) is 5.65 Å². The van der Waals surface area contributed by atoms with Crippen LogP contribution >= 0.6 is 11.3 Å². The van der Waals surface area contributed by atoms with Gasteiger partial charge in [-0.05, 0) is 29.3 Å². The number of nitrogens with zero attached hydrogens (tertiary/aromatic N) is 5. The maximum absolute atomic E-state index is 13.4. The minimum absolute atomic E-state index is 0.158. The molecule has 6 rings (SSSR count).